The number of rotatable bonds is 1. The molecule has 3 aromatic rings. The van der Waals surface area contributed by atoms with Crippen molar-refractivity contribution in [2.45, 2.75) is 33.1 Å². The summed E-state index contributed by atoms with van der Waals surface area (Å²) in [5.74, 6) is 0.696. The third-order valence-electron chi connectivity index (χ3n) is 6.01. The van der Waals surface area contributed by atoms with Crippen LogP contribution in [0.5, 0.6) is 0 Å². The molecular weight excluding hydrogens is 312 g/mol. The Bertz CT molecular complexity index is 1230. The monoisotopic (exact) mass is 336 g/mol. The van der Waals surface area contributed by atoms with E-state index < -0.39 is 0 Å². The first-order valence-electron chi connectivity index (χ1n) is 9.71. The molecule has 0 spiro atoms. The highest BCUT2D eigenvalue weighted by Gasteiger charge is 2.20. The van der Waals surface area contributed by atoms with Gasteiger partial charge in [-0.2, -0.15) is 0 Å². The van der Waals surface area contributed by atoms with Crippen LogP contribution in [0.2, 0.25) is 0 Å². The van der Waals surface area contributed by atoms with Crippen molar-refractivity contribution < 1.29 is 0 Å². The van der Waals surface area contributed by atoms with Crippen LogP contribution >= 0.6 is 0 Å². The van der Waals surface area contributed by atoms with Gasteiger partial charge in [0.05, 0.1) is 0 Å². The number of fused-ring (bicyclic) bond motifs is 4. The van der Waals surface area contributed by atoms with E-state index in [4.69, 9.17) is 0 Å². The van der Waals surface area contributed by atoms with Crippen LogP contribution in [-0.4, -0.2) is 0 Å². The maximum atomic E-state index is 2.41. The molecule has 0 radical (unpaired) electrons. The summed E-state index contributed by atoms with van der Waals surface area (Å²) in [6.45, 7) is 4.59. The molecule has 0 saturated heterocycles. The minimum absolute atomic E-state index is 0.696. The van der Waals surface area contributed by atoms with Gasteiger partial charge in [-0.1, -0.05) is 79.2 Å². The molecule has 0 unspecified atom stereocenters. The van der Waals surface area contributed by atoms with Crippen molar-refractivity contribution >= 4 is 11.6 Å². The van der Waals surface area contributed by atoms with Crippen molar-refractivity contribution in [1.29, 1.82) is 0 Å². The molecule has 2 aliphatic rings. The van der Waals surface area contributed by atoms with Crippen LogP contribution in [0.1, 0.15) is 35.6 Å². The highest BCUT2D eigenvalue weighted by Crippen LogP contribution is 2.29. The number of aryl methyl sites for hydroxylation is 1. The fraction of sp³-hybridized carbons (Fsp3) is 0.231. The fourth-order valence-electron chi connectivity index (χ4n) is 4.81. The molecule has 0 N–H and O–H groups in total. The second kappa shape index (κ2) is 5.99. The van der Waals surface area contributed by atoms with Gasteiger partial charge in [0.2, 0.25) is 0 Å². The number of hydrogen-bond acceptors (Lipinski definition) is 0. The van der Waals surface area contributed by atoms with Crippen LogP contribution in [0, 0.1) is 23.3 Å². The zero-order chi connectivity index (χ0) is 17.7. The van der Waals surface area contributed by atoms with Crippen LogP contribution < -0.4 is 10.4 Å². The average molecular weight is 336 g/mol. The predicted molar refractivity (Wildman–Crippen MR) is 109 cm³/mol. The largest absolute Gasteiger partial charge is 0.0722 e. The highest BCUT2D eigenvalue weighted by atomic mass is 14.2. The smallest absolute Gasteiger partial charge is 0.00791 e. The first kappa shape index (κ1) is 15.6. The zero-order valence-corrected chi connectivity index (χ0v) is 15.5. The van der Waals surface area contributed by atoms with Crippen LogP contribution in [0.4, 0.5) is 0 Å². The zero-order valence-electron chi connectivity index (χ0n) is 15.5. The molecule has 0 aromatic heterocycles. The van der Waals surface area contributed by atoms with Gasteiger partial charge in [-0.15, -0.1) is 0 Å². The van der Waals surface area contributed by atoms with Crippen molar-refractivity contribution in [2.75, 3.05) is 0 Å². The van der Waals surface area contributed by atoms with E-state index in [1.807, 2.05) is 0 Å². The lowest BCUT2D eigenvalue weighted by molar-refractivity contribution is 0.578. The van der Waals surface area contributed by atoms with Gasteiger partial charge in [-0.05, 0) is 75.2 Å². The summed E-state index contributed by atoms with van der Waals surface area (Å²) in [5.41, 5.74) is 7.42. The van der Waals surface area contributed by atoms with Gasteiger partial charge in [0.15, 0.2) is 0 Å². The minimum atomic E-state index is 0.696. The Labute approximate surface area is 154 Å². The van der Waals surface area contributed by atoms with Crippen molar-refractivity contribution in [3.63, 3.8) is 0 Å². The van der Waals surface area contributed by atoms with Crippen molar-refractivity contribution in [3.8, 4) is 0 Å². The van der Waals surface area contributed by atoms with Crippen molar-refractivity contribution in [1.82, 2.24) is 0 Å². The Kier molecular flexibility index (Phi) is 3.60. The van der Waals surface area contributed by atoms with Gasteiger partial charge in [-0.3, -0.25) is 0 Å². The molecule has 128 valence electrons. The van der Waals surface area contributed by atoms with Crippen LogP contribution in [0.15, 0.2) is 60.7 Å². The predicted octanol–water partition coefficient (Wildman–Crippen LogP) is 4.40. The molecular formula is C26H24. The van der Waals surface area contributed by atoms with Crippen molar-refractivity contribution in [2.24, 2.45) is 5.92 Å². The summed E-state index contributed by atoms with van der Waals surface area (Å²) in [6.07, 6.45) is 5.84. The van der Waals surface area contributed by atoms with Crippen LogP contribution in [0.3, 0.4) is 0 Å². The van der Waals surface area contributed by atoms with Gasteiger partial charge in [0.25, 0.3) is 0 Å². The molecule has 5 rings (SSSR count). The summed E-state index contributed by atoms with van der Waals surface area (Å²) in [4.78, 5) is 0. The Morgan fingerprint density at radius 3 is 2.50 bits per heavy atom. The Hall–Kier alpha value is -2.60. The summed E-state index contributed by atoms with van der Waals surface area (Å²) in [7, 11) is 0. The first-order valence-corrected chi connectivity index (χ1v) is 9.71. The lowest BCUT2D eigenvalue weighted by atomic mass is 9.79. The van der Waals surface area contributed by atoms with Gasteiger partial charge in [0, 0.05) is 0 Å². The summed E-state index contributed by atoms with van der Waals surface area (Å²) < 4.78 is 0. The fourth-order valence-corrected chi connectivity index (χ4v) is 4.81. The standard InChI is InChI=1S/C26H24/c1-17-6-5-8-20(14-17)25-15-18(2)16-26-23-11-10-19-7-3-4-9-21(19)22(23)12-13-24(25)26/h3-10,12-14,18H,11,15-16H2,1-2H3/t18-/m0/s1. The third-order valence-corrected chi connectivity index (χ3v) is 6.01. The van der Waals surface area contributed by atoms with E-state index in [9.17, 15) is 0 Å². The van der Waals surface area contributed by atoms with E-state index in [0.717, 1.165) is 6.42 Å². The van der Waals surface area contributed by atoms with E-state index in [0.29, 0.717) is 5.92 Å². The molecule has 0 nitrogen and oxygen atoms in total. The van der Waals surface area contributed by atoms with Crippen LogP contribution in [-0.2, 0) is 12.8 Å². The molecule has 0 fully saturated rings. The molecule has 3 aromatic carbocycles. The first-order chi connectivity index (χ1) is 12.7. The van der Waals surface area contributed by atoms with Gasteiger partial charge < -0.3 is 0 Å². The SMILES string of the molecule is Cc1cccc(C2=c3ccc4c(c3C[C@@H](C)C2)CC=c2ccccc2=4)c1. The second-order valence-electron chi connectivity index (χ2n) is 7.97. The number of benzene rings is 3. The topological polar surface area (TPSA) is 0 Å². The van der Waals surface area contributed by atoms with Gasteiger partial charge in [0.1, 0.15) is 0 Å². The molecule has 0 amide bonds. The summed E-state index contributed by atoms with van der Waals surface area (Å²) in [5, 5.41) is 5.71. The Morgan fingerprint density at radius 2 is 1.62 bits per heavy atom. The molecule has 1 atom stereocenters. The molecule has 2 aliphatic carbocycles. The van der Waals surface area contributed by atoms with Gasteiger partial charge in [-0.25, -0.2) is 0 Å². The lowest BCUT2D eigenvalue weighted by Gasteiger charge is -2.25. The van der Waals surface area contributed by atoms with E-state index in [1.54, 1.807) is 11.1 Å². The number of hydrogen-bond donors (Lipinski definition) is 0. The molecule has 26 heavy (non-hydrogen) atoms. The maximum absolute atomic E-state index is 2.41. The molecule has 0 heterocycles. The Balaban J connectivity index is 1.89. The minimum Gasteiger partial charge on any atom is -0.0722 e. The highest BCUT2D eigenvalue weighted by molar-refractivity contribution is 5.69. The van der Waals surface area contributed by atoms with E-state index in [-0.39, 0.29) is 0 Å². The third kappa shape index (κ3) is 2.44. The van der Waals surface area contributed by atoms with E-state index >= 15 is 0 Å². The van der Waals surface area contributed by atoms with E-state index in [2.05, 4.69) is 80.6 Å². The average Bonchev–Trinajstić information content (AvgIpc) is 2.67. The molecule has 0 saturated carbocycles. The molecule has 0 heteroatoms. The molecule has 0 aliphatic heterocycles. The summed E-state index contributed by atoms with van der Waals surface area (Å²) in [6, 6.07) is 22.6. The normalized spacial score (nSPS) is 17.8. The Morgan fingerprint density at radius 1 is 0.769 bits per heavy atom. The van der Waals surface area contributed by atoms with Crippen molar-refractivity contribution in [3.05, 3.63) is 104 Å². The maximum Gasteiger partial charge on any atom is -0.00791 e. The quantitative estimate of drug-likeness (QED) is 0.618. The lowest BCUT2D eigenvalue weighted by Crippen LogP contribution is -2.26. The summed E-state index contributed by atoms with van der Waals surface area (Å²) >= 11 is 0. The second-order valence-corrected chi connectivity index (χ2v) is 7.97. The molecule has 0 bridgehead atoms. The van der Waals surface area contributed by atoms with Gasteiger partial charge >= 0.3 is 0 Å². The van der Waals surface area contributed by atoms with E-state index in [1.165, 1.54) is 50.4 Å². The van der Waals surface area contributed by atoms with Crippen LogP contribution in [0.25, 0.3) is 11.6 Å².